The highest BCUT2D eigenvalue weighted by Crippen LogP contribution is 2.15. The summed E-state index contributed by atoms with van der Waals surface area (Å²) in [5, 5.41) is 6.96. The van der Waals surface area contributed by atoms with Crippen LogP contribution in [0.2, 0.25) is 0 Å². The lowest BCUT2D eigenvalue weighted by atomic mass is 10.1. The van der Waals surface area contributed by atoms with Gasteiger partial charge in [-0.05, 0) is 12.1 Å². The normalized spacial score (nSPS) is 9.83. The van der Waals surface area contributed by atoms with Gasteiger partial charge in [-0.25, -0.2) is 4.39 Å². The van der Waals surface area contributed by atoms with Gasteiger partial charge in [0.15, 0.2) is 0 Å². The van der Waals surface area contributed by atoms with Crippen LogP contribution in [0, 0.1) is 11.2 Å². The van der Waals surface area contributed by atoms with Crippen LogP contribution < -0.4 is 11.5 Å². The number of hydrogen-bond donors (Lipinski definition) is 3. The fourth-order valence-corrected chi connectivity index (χ4v) is 0.934. The van der Waals surface area contributed by atoms with Gasteiger partial charge in [-0.1, -0.05) is 0 Å². The summed E-state index contributed by atoms with van der Waals surface area (Å²) in [5.41, 5.74) is 11.8. The number of nitrogens with one attached hydrogen (secondary N) is 1. The maximum atomic E-state index is 12.9. The summed E-state index contributed by atoms with van der Waals surface area (Å²) in [6.07, 6.45) is 1.08. The number of nitrogens with two attached hydrogens (primary N) is 2. The van der Waals surface area contributed by atoms with Crippen molar-refractivity contribution >= 4 is 11.9 Å². The molecule has 4 heteroatoms. The third-order valence-corrected chi connectivity index (χ3v) is 1.63. The van der Waals surface area contributed by atoms with E-state index < -0.39 is 5.82 Å². The predicted molar refractivity (Wildman–Crippen MR) is 46.6 cm³/mol. The molecule has 1 aromatic rings. The molecule has 0 heterocycles. The van der Waals surface area contributed by atoms with Crippen molar-refractivity contribution in [3.05, 3.63) is 29.1 Å². The van der Waals surface area contributed by atoms with Gasteiger partial charge < -0.3 is 16.9 Å². The molecule has 1 rings (SSSR count). The topological polar surface area (TPSA) is 75.9 Å². The van der Waals surface area contributed by atoms with E-state index in [0.29, 0.717) is 11.1 Å². The second-order valence-electron chi connectivity index (χ2n) is 2.42. The smallest absolute Gasteiger partial charge is 0.129 e. The molecule has 0 amide bonds. The molecule has 0 aliphatic carbocycles. The lowest BCUT2D eigenvalue weighted by Gasteiger charge is -2.03. The standard InChI is InChI=1S/C8H10FN3/c9-7-2-8(12)6(4-11)1-5(7)3-10/h1-2,4,11H,3,10,12H2. The Hall–Kier alpha value is -1.42. The summed E-state index contributed by atoms with van der Waals surface area (Å²) in [4.78, 5) is 0. The Kier molecular flexibility index (Phi) is 2.40. The van der Waals surface area contributed by atoms with Crippen LogP contribution in [0.15, 0.2) is 12.1 Å². The Bertz CT molecular complexity index is 309. The van der Waals surface area contributed by atoms with Crippen molar-refractivity contribution in [3.8, 4) is 0 Å². The summed E-state index contributed by atoms with van der Waals surface area (Å²) in [5.74, 6) is -0.416. The molecule has 12 heavy (non-hydrogen) atoms. The van der Waals surface area contributed by atoms with E-state index in [1.807, 2.05) is 0 Å². The summed E-state index contributed by atoms with van der Waals surface area (Å²) in [6.45, 7) is 0.118. The van der Waals surface area contributed by atoms with E-state index in [9.17, 15) is 4.39 Å². The maximum absolute atomic E-state index is 12.9. The fraction of sp³-hybridized carbons (Fsp3) is 0.125. The van der Waals surface area contributed by atoms with Crippen molar-refractivity contribution in [2.24, 2.45) is 5.73 Å². The van der Waals surface area contributed by atoms with Crippen LogP contribution in [0.3, 0.4) is 0 Å². The van der Waals surface area contributed by atoms with Crippen LogP contribution in [-0.2, 0) is 6.54 Å². The van der Waals surface area contributed by atoms with Crippen molar-refractivity contribution in [3.63, 3.8) is 0 Å². The van der Waals surface area contributed by atoms with E-state index >= 15 is 0 Å². The Morgan fingerprint density at radius 2 is 2.17 bits per heavy atom. The van der Waals surface area contributed by atoms with Gasteiger partial charge in [-0.2, -0.15) is 0 Å². The zero-order valence-corrected chi connectivity index (χ0v) is 6.47. The van der Waals surface area contributed by atoms with Crippen LogP contribution in [0.25, 0.3) is 0 Å². The van der Waals surface area contributed by atoms with Crippen molar-refractivity contribution in [1.82, 2.24) is 0 Å². The minimum Gasteiger partial charge on any atom is -0.398 e. The van der Waals surface area contributed by atoms with Gasteiger partial charge >= 0.3 is 0 Å². The molecule has 0 unspecified atom stereocenters. The Morgan fingerprint density at radius 1 is 1.50 bits per heavy atom. The highest BCUT2D eigenvalue weighted by molar-refractivity contribution is 5.85. The Labute approximate surface area is 69.7 Å². The van der Waals surface area contributed by atoms with Crippen LogP contribution in [-0.4, -0.2) is 6.21 Å². The Morgan fingerprint density at radius 3 is 2.67 bits per heavy atom. The number of rotatable bonds is 2. The molecule has 0 aliphatic heterocycles. The second kappa shape index (κ2) is 3.32. The molecule has 3 nitrogen and oxygen atoms in total. The van der Waals surface area contributed by atoms with Crippen LogP contribution >= 0.6 is 0 Å². The zero-order valence-electron chi connectivity index (χ0n) is 6.47. The first-order valence-electron chi connectivity index (χ1n) is 3.47. The second-order valence-corrected chi connectivity index (χ2v) is 2.42. The molecule has 0 saturated heterocycles. The molecule has 1 aromatic carbocycles. The average molecular weight is 167 g/mol. The van der Waals surface area contributed by atoms with Crippen molar-refractivity contribution in [2.45, 2.75) is 6.54 Å². The van der Waals surface area contributed by atoms with Gasteiger partial charge in [-0.3, -0.25) is 0 Å². The molecule has 0 fully saturated rings. The number of halogens is 1. The van der Waals surface area contributed by atoms with Gasteiger partial charge in [0, 0.05) is 29.6 Å². The molecule has 5 N–H and O–H groups in total. The van der Waals surface area contributed by atoms with E-state index in [1.165, 1.54) is 12.1 Å². The third kappa shape index (κ3) is 1.43. The van der Waals surface area contributed by atoms with Gasteiger partial charge in [0.1, 0.15) is 5.82 Å². The summed E-state index contributed by atoms with van der Waals surface area (Å²) < 4.78 is 12.9. The van der Waals surface area contributed by atoms with E-state index in [2.05, 4.69) is 0 Å². The van der Waals surface area contributed by atoms with E-state index in [-0.39, 0.29) is 12.2 Å². The van der Waals surface area contributed by atoms with Gasteiger partial charge in [0.25, 0.3) is 0 Å². The van der Waals surface area contributed by atoms with E-state index in [4.69, 9.17) is 16.9 Å². The molecular weight excluding hydrogens is 157 g/mol. The first-order chi connectivity index (χ1) is 5.69. The van der Waals surface area contributed by atoms with Crippen molar-refractivity contribution < 1.29 is 4.39 Å². The molecule has 0 aromatic heterocycles. The molecule has 0 aliphatic rings. The summed E-state index contributed by atoms with van der Waals surface area (Å²) in [7, 11) is 0. The summed E-state index contributed by atoms with van der Waals surface area (Å²) in [6, 6.07) is 2.67. The van der Waals surface area contributed by atoms with Gasteiger partial charge in [0.2, 0.25) is 0 Å². The minimum atomic E-state index is -0.416. The van der Waals surface area contributed by atoms with Gasteiger partial charge in [-0.15, -0.1) is 0 Å². The number of anilines is 1. The summed E-state index contributed by atoms with van der Waals surface area (Å²) >= 11 is 0. The van der Waals surface area contributed by atoms with Crippen molar-refractivity contribution in [2.75, 3.05) is 5.73 Å². The molecular formula is C8H10FN3. The fourth-order valence-electron chi connectivity index (χ4n) is 0.934. The highest BCUT2D eigenvalue weighted by Gasteiger charge is 2.04. The predicted octanol–water partition coefficient (Wildman–Crippen LogP) is 0.864. The molecule has 64 valence electrons. The molecule has 0 atom stereocenters. The minimum absolute atomic E-state index is 0.118. The maximum Gasteiger partial charge on any atom is 0.129 e. The quantitative estimate of drug-likeness (QED) is 0.451. The zero-order chi connectivity index (χ0) is 9.14. The lowest BCUT2D eigenvalue weighted by Crippen LogP contribution is -2.03. The third-order valence-electron chi connectivity index (χ3n) is 1.63. The molecule has 0 radical (unpaired) electrons. The first-order valence-corrected chi connectivity index (χ1v) is 3.47. The molecule has 0 saturated carbocycles. The average Bonchev–Trinajstić information content (AvgIpc) is 2.05. The Balaban J connectivity index is 3.26. The van der Waals surface area contributed by atoms with E-state index in [0.717, 1.165) is 6.21 Å². The largest absolute Gasteiger partial charge is 0.398 e. The SMILES string of the molecule is N=Cc1cc(CN)c(F)cc1N. The molecule has 0 bridgehead atoms. The molecule has 0 spiro atoms. The van der Waals surface area contributed by atoms with Crippen LogP contribution in [0.5, 0.6) is 0 Å². The van der Waals surface area contributed by atoms with E-state index in [1.54, 1.807) is 0 Å². The highest BCUT2D eigenvalue weighted by atomic mass is 19.1. The van der Waals surface area contributed by atoms with Crippen LogP contribution in [0.1, 0.15) is 11.1 Å². The number of hydrogen-bond acceptors (Lipinski definition) is 3. The monoisotopic (exact) mass is 167 g/mol. The number of nitrogen functional groups attached to an aromatic ring is 1. The van der Waals surface area contributed by atoms with Gasteiger partial charge in [0.05, 0.1) is 0 Å². The van der Waals surface area contributed by atoms with Crippen molar-refractivity contribution in [1.29, 1.82) is 5.41 Å². The number of benzene rings is 1. The lowest BCUT2D eigenvalue weighted by molar-refractivity contribution is 0.611. The van der Waals surface area contributed by atoms with Crippen LogP contribution in [0.4, 0.5) is 10.1 Å². The first kappa shape index (κ1) is 8.67.